The van der Waals surface area contributed by atoms with E-state index in [4.69, 9.17) is 4.43 Å². The van der Waals surface area contributed by atoms with Crippen molar-refractivity contribution in [3.63, 3.8) is 0 Å². The van der Waals surface area contributed by atoms with Crippen molar-refractivity contribution < 1.29 is 4.43 Å². The lowest BCUT2D eigenvalue weighted by Gasteiger charge is -2.36. The van der Waals surface area contributed by atoms with E-state index in [9.17, 15) is 0 Å². The highest BCUT2D eigenvalue weighted by Gasteiger charge is 2.39. The van der Waals surface area contributed by atoms with Gasteiger partial charge in [0.05, 0.1) is 10.2 Å². The van der Waals surface area contributed by atoms with Gasteiger partial charge in [0, 0.05) is 16.6 Å². The summed E-state index contributed by atoms with van der Waals surface area (Å²) in [6, 6.07) is 19.2. The third-order valence-electron chi connectivity index (χ3n) is 6.62. The molecule has 0 radical (unpaired) electrons. The van der Waals surface area contributed by atoms with E-state index in [1.54, 1.807) is 17.7 Å². The molecular formula is C28H35N3OSSi. The maximum Gasteiger partial charge on any atom is 0.250 e. The van der Waals surface area contributed by atoms with Crippen LogP contribution in [0.15, 0.2) is 60.9 Å². The zero-order valence-electron chi connectivity index (χ0n) is 21.1. The minimum Gasteiger partial charge on any atom is -0.543 e. The molecule has 0 aliphatic rings. The molecule has 178 valence electrons. The van der Waals surface area contributed by atoms with Crippen LogP contribution < -0.4 is 9.74 Å². The van der Waals surface area contributed by atoms with Crippen molar-refractivity contribution in [2.24, 2.45) is 0 Å². The first kappa shape index (κ1) is 24.4. The number of hydrogen-bond acceptors (Lipinski definition) is 5. The van der Waals surface area contributed by atoms with Gasteiger partial charge < -0.3 is 9.74 Å². The second-order valence-corrected chi connectivity index (χ2v) is 16.1. The molecule has 2 aromatic heterocycles. The Morgan fingerprint density at radius 3 is 2.56 bits per heavy atom. The molecule has 2 aromatic carbocycles. The number of anilines is 2. The number of nitrogens with zero attached hydrogens (tertiary/aromatic N) is 2. The normalized spacial score (nSPS) is 12.2. The van der Waals surface area contributed by atoms with Gasteiger partial charge in [-0.05, 0) is 60.3 Å². The summed E-state index contributed by atoms with van der Waals surface area (Å²) >= 11 is 1.73. The van der Waals surface area contributed by atoms with Crippen molar-refractivity contribution in [2.45, 2.75) is 65.1 Å². The molecule has 0 spiro atoms. The van der Waals surface area contributed by atoms with Crippen LogP contribution in [0.1, 0.15) is 46.1 Å². The van der Waals surface area contributed by atoms with Crippen molar-refractivity contribution >= 4 is 41.4 Å². The summed E-state index contributed by atoms with van der Waals surface area (Å²) in [7, 11) is -1.90. The quantitative estimate of drug-likeness (QED) is 0.251. The van der Waals surface area contributed by atoms with E-state index in [2.05, 4.69) is 98.5 Å². The van der Waals surface area contributed by atoms with E-state index in [1.807, 2.05) is 12.1 Å². The number of fused-ring (bicyclic) bond motifs is 1. The summed E-state index contributed by atoms with van der Waals surface area (Å²) in [6.45, 7) is 13.5. The van der Waals surface area contributed by atoms with Crippen molar-refractivity contribution in [3.8, 4) is 16.2 Å². The predicted molar refractivity (Wildman–Crippen MR) is 149 cm³/mol. The summed E-state index contributed by atoms with van der Waals surface area (Å²) in [5.74, 6) is 1.73. The van der Waals surface area contributed by atoms with Crippen LogP contribution in [0.5, 0.6) is 5.75 Å². The topological polar surface area (TPSA) is 47.0 Å². The third kappa shape index (κ3) is 5.50. The Labute approximate surface area is 208 Å². The van der Waals surface area contributed by atoms with Gasteiger partial charge in [-0.1, -0.05) is 64.4 Å². The number of unbranched alkanes of at least 4 members (excludes halogenated alkanes) is 1. The molecule has 0 amide bonds. The number of hydrogen-bond donors (Lipinski definition) is 1. The zero-order chi connectivity index (χ0) is 24.3. The van der Waals surface area contributed by atoms with E-state index in [-0.39, 0.29) is 5.04 Å². The summed E-state index contributed by atoms with van der Waals surface area (Å²) in [6.07, 6.45) is 5.18. The third-order valence-corrected chi connectivity index (χ3v) is 12.2. The van der Waals surface area contributed by atoms with Gasteiger partial charge in [-0.25, -0.2) is 9.97 Å². The second-order valence-electron chi connectivity index (χ2n) is 10.4. The van der Waals surface area contributed by atoms with Crippen LogP contribution in [-0.2, 0) is 6.42 Å². The largest absolute Gasteiger partial charge is 0.543 e. The Bertz CT molecular complexity index is 1280. The first-order valence-electron chi connectivity index (χ1n) is 12.1. The molecular weight excluding hydrogens is 454 g/mol. The van der Waals surface area contributed by atoms with Crippen LogP contribution in [0, 0.1) is 0 Å². The fourth-order valence-corrected chi connectivity index (χ4v) is 5.64. The molecule has 0 unspecified atom stereocenters. The maximum absolute atomic E-state index is 6.50. The van der Waals surface area contributed by atoms with Crippen molar-refractivity contribution in [2.75, 3.05) is 5.32 Å². The van der Waals surface area contributed by atoms with E-state index < -0.39 is 8.32 Å². The van der Waals surface area contributed by atoms with Gasteiger partial charge in [-0.15, -0.1) is 11.3 Å². The van der Waals surface area contributed by atoms with E-state index in [1.165, 1.54) is 28.8 Å². The number of rotatable bonds is 8. The minimum absolute atomic E-state index is 0.149. The molecule has 0 saturated heterocycles. The Kier molecular flexibility index (Phi) is 7.10. The smallest absolute Gasteiger partial charge is 0.250 e. The molecule has 0 bridgehead atoms. The fourth-order valence-electron chi connectivity index (χ4n) is 3.57. The van der Waals surface area contributed by atoms with Crippen LogP contribution in [0.2, 0.25) is 18.1 Å². The Balaban J connectivity index is 1.60. The average Bonchev–Trinajstić information content (AvgIpc) is 3.23. The van der Waals surface area contributed by atoms with Gasteiger partial charge in [0.1, 0.15) is 12.1 Å². The van der Waals surface area contributed by atoms with Gasteiger partial charge in [-0.2, -0.15) is 0 Å². The molecule has 4 nitrogen and oxygen atoms in total. The average molecular weight is 490 g/mol. The number of aromatic nitrogens is 2. The lowest BCUT2D eigenvalue weighted by molar-refractivity contribution is 0.492. The molecule has 0 atom stereocenters. The first-order chi connectivity index (χ1) is 16.2. The molecule has 1 N–H and O–H groups in total. The summed E-state index contributed by atoms with van der Waals surface area (Å²) in [5.41, 5.74) is 4.56. The molecule has 6 heteroatoms. The van der Waals surface area contributed by atoms with E-state index in [0.29, 0.717) is 0 Å². The minimum atomic E-state index is -1.90. The molecule has 0 fully saturated rings. The molecule has 0 aliphatic heterocycles. The summed E-state index contributed by atoms with van der Waals surface area (Å²) in [5, 5.41) is 3.66. The molecule has 0 saturated carbocycles. The monoisotopic (exact) mass is 489 g/mol. The van der Waals surface area contributed by atoms with Crippen LogP contribution in [-0.4, -0.2) is 18.3 Å². The second kappa shape index (κ2) is 9.88. The number of aryl methyl sites for hydroxylation is 1. The molecule has 4 rings (SSSR count). The first-order valence-corrected chi connectivity index (χ1v) is 15.8. The highest BCUT2D eigenvalue weighted by atomic mass is 32.1. The van der Waals surface area contributed by atoms with Crippen LogP contribution in [0.25, 0.3) is 20.7 Å². The fraction of sp³-hybridized carbons (Fsp3) is 0.357. The van der Waals surface area contributed by atoms with Crippen molar-refractivity contribution in [3.05, 3.63) is 66.5 Å². The van der Waals surface area contributed by atoms with Gasteiger partial charge >= 0.3 is 0 Å². The molecule has 0 aliphatic carbocycles. The highest BCUT2D eigenvalue weighted by molar-refractivity contribution is 7.22. The lowest BCUT2D eigenvalue weighted by Crippen LogP contribution is -2.43. The van der Waals surface area contributed by atoms with Crippen molar-refractivity contribution in [1.29, 1.82) is 0 Å². The van der Waals surface area contributed by atoms with Gasteiger partial charge in [0.2, 0.25) is 8.32 Å². The highest BCUT2D eigenvalue weighted by Crippen LogP contribution is 2.39. The van der Waals surface area contributed by atoms with Gasteiger partial charge in [-0.3, -0.25) is 0 Å². The summed E-state index contributed by atoms with van der Waals surface area (Å²) < 4.78 is 7.56. The lowest BCUT2D eigenvalue weighted by atomic mass is 10.0. The van der Waals surface area contributed by atoms with E-state index in [0.717, 1.165) is 33.9 Å². The number of nitrogens with one attached hydrogen (secondary N) is 1. The Morgan fingerprint density at radius 1 is 1.00 bits per heavy atom. The molecule has 2 heterocycles. The number of benzene rings is 2. The van der Waals surface area contributed by atoms with Crippen LogP contribution in [0.3, 0.4) is 0 Å². The van der Waals surface area contributed by atoms with Gasteiger partial charge in [0.15, 0.2) is 5.82 Å². The Hall–Kier alpha value is -2.70. The van der Waals surface area contributed by atoms with Gasteiger partial charge in [0.25, 0.3) is 0 Å². The maximum atomic E-state index is 6.50. The SMILES string of the molecule is CCCCc1cccc(-c2cc3ncnc(Nc4cccc(O[Si](C)(C)C(C)(C)C)c4)c3s2)c1. The van der Waals surface area contributed by atoms with Crippen LogP contribution >= 0.6 is 11.3 Å². The van der Waals surface area contributed by atoms with Crippen LogP contribution in [0.4, 0.5) is 11.5 Å². The molecule has 34 heavy (non-hydrogen) atoms. The molecule has 4 aromatic rings. The Morgan fingerprint density at radius 2 is 1.79 bits per heavy atom. The number of thiophene rings is 1. The predicted octanol–water partition coefficient (Wildman–Crippen LogP) is 8.83. The standard InChI is InChI=1S/C28H35N3OSSi/c1-7-8-11-20-12-9-13-21(16-20)25-18-24-26(33-25)27(30-19-29-24)31-22-14-10-15-23(17-22)32-34(5,6)28(2,3)4/h9-10,12-19H,7-8,11H2,1-6H3,(H,29,30,31). The van der Waals surface area contributed by atoms with E-state index >= 15 is 0 Å². The summed E-state index contributed by atoms with van der Waals surface area (Å²) in [4.78, 5) is 10.3. The zero-order valence-corrected chi connectivity index (χ0v) is 22.9. The van der Waals surface area contributed by atoms with Crippen molar-refractivity contribution in [1.82, 2.24) is 9.97 Å².